The number of amides is 4. The van der Waals surface area contributed by atoms with Gasteiger partial charge in [-0.25, -0.2) is 4.79 Å². The largest absolute Gasteiger partial charge is 0.490 e. The van der Waals surface area contributed by atoms with E-state index in [1.165, 1.54) is 6.42 Å². The number of nitrogens with one attached hydrogen (secondary N) is 2. The van der Waals surface area contributed by atoms with Crippen LogP contribution in [0.5, 0.6) is 5.75 Å². The predicted molar refractivity (Wildman–Crippen MR) is 184 cm³/mol. The van der Waals surface area contributed by atoms with Crippen molar-refractivity contribution in [3.63, 3.8) is 0 Å². The Morgan fingerprint density at radius 1 is 1.02 bits per heavy atom. The maximum atomic E-state index is 14.4. The number of urea groups is 1. The molecule has 0 saturated heterocycles. The smallest absolute Gasteiger partial charge is 0.317 e. The van der Waals surface area contributed by atoms with Gasteiger partial charge in [-0.3, -0.25) is 9.59 Å². The third kappa shape index (κ3) is 11.0. The number of nitrogens with zero attached hydrogens (tertiary/aromatic N) is 2. The number of hydrogen-bond acceptors (Lipinski definition) is 6. The average molecular weight is 651 g/mol. The predicted octanol–water partition coefficient (Wildman–Crippen LogP) is 5.64. The van der Waals surface area contributed by atoms with Gasteiger partial charge in [0, 0.05) is 44.4 Å². The van der Waals surface area contributed by atoms with Crippen molar-refractivity contribution in [2.24, 2.45) is 5.92 Å². The van der Waals surface area contributed by atoms with Gasteiger partial charge >= 0.3 is 6.03 Å². The van der Waals surface area contributed by atoms with Crippen molar-refractivity contribution in [1.29, 1.82) is 0 Å². The van der Waals surface area contributed by atoms with Crippen molar-refractivity contribution in [1.82, 2.24) is 15.1 Å². The number of anilines is 1. The van der Waals surface area contributed by atoms with E-state index in [4.69, 9.17) is 9.47 Å². The van der Waals surface area contributed by atoms with Crippen LogP contribution in [0.1, 0.15) is 88.1 Å². The minimum absolute atomic E-state index is 0.106. The Kier molecular flexibility index (Phi) is 13.9. The number of aliphatic hydroxyl groups excluding tert-OH is 1. The minimum atomic E-state index is -0.493. The lowest BCUT2D eigenvalue weighted by atomic mass is 9.96. The molecule has 4 amide bonds. The second kappa shape index (κ2) is 18.1. The molecule has 47 heavy (non-hydrogen) atoms. The van der Waals surface area contributed by atoms with Crippen molar-refractivity contribution >= 4 is 23.5 Å². The van der Waals surface area contributed by atoms with Gasteiger partial charge < -0.3 is 35.0 Å². The molecular formula is C37H54N4O6. The maximum Gasteiger partial charge on any atom is 0.317 e. The van der Waals surface area contributed by atoms with Crippen LogP contribution in [0.3, 0.4) is 0 Å². The Bertz CT molecular complexity index is 1300. The standard InChI is InChI=1S/C37H54N4O6/c1-26-23-41(27(2)25-42)36(44)32-22-31(38-35(43)21-29-14-7-5-8-15-29)18-19-33(32)47-28(3)13-11-12-20-46-34(26)24-40(4)37(45)39-30-16-9-6-10-17-30/h5,7-8,14-15,18-19,22,26-28,30,34,42H,6,9-13,16-17,20-21,23-25H2,1-4H3,(H,38,43)(H,39,45)/t26-,27+,28-,34-/m0/s1. The van der Waals surface area contributed by atoms with Crippen LogP contribution in [0.15, 0.2) is 48.5 Å². The molecule has 4 rings (SSSR count). The highest BCUT2D eigenvalue weighted by Crippen LogP contribution is 2.29. The Labute approximate surface area is 280 Å². The number of hydrogen-bond donors (Lipinski definition) is 3. The number of fused-ring (bicyclic) bond motifs is 1. The molecule has 2 aromatic carbocycles. The Hall–Kier alpha value is -3.63. The summed E-state index contributed by atoms with van der Waals surface area (Å²) >= 11 is 0. The van der Waals surface area contributed by atoms with Gasteiger partial charge in [0.05, 0.1) is 36.8 Å². The van der Waals surface area contributed by atoms with Crippen molar-refractivity contribution < 1.29 is 29.0 Å². The van der Waals surface area contributed by atoms with Crippen LogP contribution in [-0.2, 0) is 16.0 Å². The van der Waals surface area contributed by atoms with Gasteiger partial charge in [0.2, 0.25) is 5.91 Å². The van der Waals surface area contributed by atoms with Crippen molar-refractivity contribution in [2.45, 2.75) is 103 Å². The summed E-state index contributed by atoms with van der Waals surface area (Å²) in [5.74, 6) is -0.211. The second-order valence-corrected chi connectivity index (χ2v) is 13.4. The fourth-order valence-corrected chi connectivity index (χ4v) is 6.33. The Morgan fingerprint density at radius 3 is 2.47 bits per heavy atom. The van der Waals surface area contributed by atoms with Crippen molar-refractivity contribution in [3.8, 4) is 5.75 Å². The highest BCUT2D eigenvalue weighted by Gasteiger charge is 2.31. The van der Waals surface area contributed by atoms with E-state index in [0.29, 0.717) is 36.7 Å². The summed E-state index contributed by atoms with van der Waals surface area (Å²) in [6.07, 6.45) is 7.73. The molecule has 2 aromatic rings. The molecule has 1 fully saturated rings. The normalized spacial score (nSPS) is 22.3. The number of carbonyl (C=O) groups excluding carboxylic acids is 3. The molecule has 0 spiro atoms. The molecule has 1 aliphatic heterocycles. The Morgan fingerprint density at radius 2 is 1.74 bits per heavy atom. The number of ether oxygens (including phenoxy) is 2. The van der Waals surface area contributed by atoms with E-state index in [1.54, 1.807) is 35.0 Å². The number of benzene rings is 2. The van der Waals surface area contributed by atoms with Gasteiger partial charge in [0.25, 0.3) is 5.91 Å². The van der Waals surface area contributed by atoms with E-state index < -0.39 is 6.04 Å². The molecule has 258 valence electrons. The van der Waals surface area contributed by atoms with Crippen LogP contribution in [-0.4, -0.2) is 90.4 Å². The van der Waals surface area contributed by atoms with Crippen LogP contribution >= 0.6 is 0 Å². The maximum absolute atomic E-state index is 14.4. The first kappa shape index (κ1) is 36.2. The zero-order valence-electron chi connectivity index (χ0n) is 28.6. The monoisotopic (exact) mass is 650 g/mol. The fraction of sp³-hybridized carbons (Fsp3) is 0.595. The highest BCUT2D eigenvalue weighted by atomic mass is 16.5. The lowest BCUT2D eigenvalue weighted by Gasteiger charge is -2.36. The highest BCUT2D eigenvalue weighted by molar-refractivity contribution is 6.00. The zero-order chi connectivity index (χ0) is 33.8. The first-order valence-electron chi connectivity index (χ1n) is 17.3. The van der Waals surface area contributed by atoms with Gasteiger partial charge in [-0.1, -0.05) is 56.5 Å². The number of aliphatic hydroxyl groups is 1. The van der Waals surface area contributed by atoms with E-state index in [2.05, 4.69) is 10.6 Å². The van der Waals surface area contributed by atoms with Crippen LogP contribution < -0.4 is 15.4 Å². The quantitative estimate of drug-likeness (QED) is 0.340. The third-order valence-corrected chi connectivity index (χ3v) is 9.28. The SMILES string of the molecule is C[C@H](CO)N1C[C@H](C)[C@H](CN(C)C(=O)NC2CCCCC2)OCCCC[C@H](C)Oc2ccc(NC(=O)Cc3ccccc3)cc2C1=O. The summed E-state index contributed by atoms with van der Waals surface area (Å²) in [7, 11) is 1.79. The summed E-state index contributed by atoms with van der Waals surface area (Å²) < 4.78 is 12.7. The van der Waals surface area contributed by atoms with Crippen LogP contribution in [0.25, 0.3) is 0 Å². The molecule has 10 heteroatoms. The molecular weight excluding hydrogens is 596 g/mol. The summed E-state index contributed by atoms with van der Waals surface area (Å²) in [6, 6.07) is 14.3. The summed E-state index contributed by atoms with van der Waals surface area (Å²) in [5, 5.41) is 16.4. The first-order valence-corrected chi connectivity index (χ1v) is 17.3. The molecule has 3 N–H and O–H groups in total. The fourth-order valence-electron chi connectivity index (χ4n) is 6.33. The molecule has 0 aromatic heterocycles. The lowest BCUT2D eigenvalue weighted by Crippen LogP contribution is -2.50. The zero-order valence-corrected chi connectivity index (χ0v) is 28.6. The minimum Gasteiger partial charge on any atom is -0.490 e. The lowest BCUT2D eigenvalue weighted by molar-refractivity contribution is -0.115. The average Bonchev–Trinajstić information content (AvgIpc) is 3.06. The van der Waals surface area contributed by atoms with Crippen LogP contribution in [0, 0.1) is 5.92 Å². The second-order valence-electron chi connectivity index (χ2n) is 13.4. The van der Waals surface area contributed by atoms with E-state index in [9.17, 15) is 19.5 Å². The number of carbonyl (C=O) groups is 3. The van der Waals surface area contributed by atoms with Gasteiger partial charge in [-0.15, -0.1) is 0 Å². The van der Waals surface area contributed by atoms with Crippen LogP contribution in [0.2, 0.25) is 0 Å². The van der Waals surface area contributed by atoms with Crippen molar-refractivity contribution in [3.05, 3.63) is 59.7 Å². The third-order valence-electron chi connectivity index (χ3n) is 9.28. The molecule has 0 bridgehead atoms. The molecule has 0 unspecified atom stereocenters. The van der Waals surface area contributed by atoms with Gasteiger partial charge in [-0.05, 0) is 69.7 Å². The van der Waals surface area contributed by atoms with Crippen LogP contribution in [0.4, 0.5) is 10.5 Å². The number of rotatable bonds is 8. The first-order chi connectivity index (χ1) is 22.6. The van der Waals surface area contributed by atoms with E-state index >= 15 is 0 Å². The topological polar surface area (TPSA) is 120 Å². The van der Waals surface area contributed by atoms with Crippen molar-refractivity contribution in [2.75, 3.05) is 38.7 Å². The molecule has 1 saturated carbocycles. The van der Waals surface area contributed by atoms with Gasteiger partial charge in [-0.2, -0.15) is 0 Å². The van der Waals surface area contributed by atoms with E-state index in [-0.39, 0.29) is 55.0 Å². The summed E-state index contributed by atoms with van der Waals surface area (Å²) in [5.41, 5.74) is 1.70. The molecule has 1 heterocycles. The molecule has 10 nitrogen and oxygen atoms in total. The van der Waals surface area contributed by atoms with Gasteiger partial charge in [0.1, 0.15) is 5.75 Å². The van der Waals surface area contributed by atoms with E-state index in [0.717, 1.165) is 50.5 Å². The van der Waals surface area contributed by atoms with E-state index in [1.807, 2.05) is 51.1 Å². The Balaban J connectivity index is 1.56. The number of likely N-dealkylation sites (N-methyl/N-ethyl adjacent to an activating group) is 1. The summed E-state index contributed by atoms with van der Waals surface area (Å²) in [4.78, 5) is 43.7. The molecule has 1 aliphatic carbocycles. The van der Waals surface area contributed by atoms with Gasteiger partial charge in [0.15, 0.2) is 0 Å². The molecule has 0 radical (unpaired) electrons. The molecule has 4 atom stereocenters. The molecule has 2 aliphatic rings. The summed E-state index contributed by atoms with van der Waals surface area (Å²) in [6.45, 7) is 6.79.